The van der Waals surface area contributed by atoms with Crippen molar-refractivity contribution < 1.29 is 0 Å². The maximum Gasteiger partial charge on any atom is -0.00201 e. The Labute approximate surface area is 244 Å². The van der Waals surface area contributed by atoms with E-state index in [-0.39, 0.29) is 0 Å². The number of fused-ring (bicyclic) bond motifs is 8. The Morgan fingerprint density at radius 1 is 0.238 bits per heavy atom. The third-order valence-electron chi connectivity index (χ3n) is 9.02. The van der Waals surface area contributed by atoms with Crippen LogP contribution in [0.2, 0.25) is 0 Å². The van der Waals surface area contributed by atoms with Crippen molar-refractivity contribution in [2.24, 2.45) is 0 Å². The molecule has 0 bridgehead atoms. The lowest BCUT2D eigenvalue weighted by molar-refractivity contribution is 1.69. The summed E-state index contributed by atoms with van der Waals surface area (Å²) in [6.07, 6.45) is 0. The second-order valence-corrected chi connectivity index (χ2v) is 11.3. The zero-order valence-corrected chi connectivity index (χ0v) is 23.0. The van der Waals surface area contributed by atoms with Gasteiger partial charge in [0.15, 0.2) is 0 Å². The van der Waals surface area contributed by atoms with Crippen molar-refractivity contribution in [3.63, 3.8) is 0 Å². The summed E-state index contributed by atoms with van der Waals surface area (Å²) >= 11 is 0. The van der Waals surface area contributed by atoms with Crippen LogP contribution in [0, 0.1) is 0 Å². The van der Waals surface area contributed by atoms with Crippen molar-refractivity contribution in [3.8, 4) is 22.3 Å². The Morgan fingerprint density at radius 2 is 0.690 bits per heavy atom. The molecule has 9 aromatic rings. The van der Waals surface area contributed by atoms with E-state index in [1.54, 1.807) is 0 Å². The fourth-order valence-corrected chi connectivity index (χ4v) is 7.16. The quantitative estimate of drug-likeness (QED) is 0.154. The highest BCUT2D eigenvalue weighted by Gasteiger charge is 2.18. The summed E-state index contributed by atoms with van der Waals surface area (Å²) in [7, 11) is 0. The van der Waals surface area contributed by atoms with E-state index < -0.39 is 0 Å². The summed E-state index contributed by atoms with van der Waals surface area (Å²) in [5.74, 6) is 0. The second-order valence-electron chi connectivity index (χ2n) is 11.3. The monoisotopic (exact) mass is 530 g/mol. The molecule has 0 heteroatoms. The molecule has 0 aliphatic carbocycles. The minimum absolute atomic E-state index is 1.25. The van der Waals surface area contributed by atoms with E-state index in [9.17, 15) is 0 Å². The highest BCUT2D eigenvalue weighted by Crippen LogP contribution is 2.46. The van der Waals surface area contributed by atoms with Crippen LogP contribution in [0.25, 0.3) is 86.9 Å². The van der Waals surface area contributed by atoms with Gasteiger partial charge in [-0.05, 0) is 93.0 Å². The lowest BCUT2D eigenvalue weighted by Crippen LogP contribution is -1.92. The molecule has 0 aliphatic heterocycles. The topological polar surface area (TPSA) is 0 Å². The van der Waals surface area contributed by atoms with Crippen molar-refractivity contribution in [2.45, 2.75) is 0 Å². The molecule has 0 atom stereocenters. The third kappa shape index (κ3) is 3.36. The molecule has 9 rings (SSSR count). The van der Waals surface area contributed by atoms with Gasteiger partial charge in [-0.25, -0.2) is 0 Å². The average molecular weight is 531 g/mol. The molecular weight excluding hydrogens is 504 g/mol. The SMILES string of the molecule is c1ccc2c(c1)ccc1cc(-c3c4ccccc4c(-c4cccc5c4ccc4ccccc45)c4ccccc34)ccc12. The van der Waals surface area contributed by atoms with Gasteiger partial charge in [0.1, 0.15) is 0 Å². The van der Waals surface area contributed by atoms with Gasteiger partial charge < -0.3 is 0 Å². The molecule has 0 aromatic heterocycles. The summed E-state index contributed by atoms with van der Waals surface area (Å²) in [6, 6.07) is 58.1. The molecule has 0 aliphatic rings. The molecule has 0 radical (unpaired) electrons. The van der Waals surface area contributed by atoms with E-state index >= 15 is 0 Å². The van der Waals surface area contributed by atoms with Gasteiger partial charge in [-0.3, -0.25) is 0 Å². The Morgan fingerprint density at radius 3 is 1.36 bits per heavy atom. The van der Waals surface area contributed by atoms with Crippen LogP contribution < -0.4 is 0 Å². The van der Waals surface area contributed by atoms with Crippen LogP contribution in [0.4, 0.5) is 0 Å². The molecule has 0 unspecified atom stereocenters. The molecule has 0 N–H and O–H groups in total. The maximum atomic E-state index is 2.37. The molecule has 0 saturated heterocycles. The van der Waals surface area contributed by atoms with E-state index in [2.05, 4.69) is 158 Å². The smallest absolute Gasteiger partial charge is 0.00201 e. The Bertz CT molecular complexity index is 2460. The molecule has 9 aromatic carbocycles. The summed E-state index contributed by atoms with van der Waals surface area (Å²) in [5.41, 5.74) is 5.13. The third-order valence-corrected chi connectivity index (χ3v) is 9.02. The van der Waals surface area contributed by atoms with E-state index in [1.807, 2.05) is 0 Å². The van der Waals surface area contributed by atoms with Crippen LogP contribution in [-0.4, -0.2) is 0 Å². The first kappa shape index (κ1) is 23.3. The Balaban J connectivity index is 1.38. The highest BCUT2D eigenvalue weighted by molar-refractivity contribution is 6.25. The van der Waals surface area contributed by atoms with Crippen LogP contribution in [0.5, 0.6) is 0 Å². The molecule has 0 saturated carbocycles. The number of benzene rings is 9. The van der Waals surface area contributed by atoms with Gasteiger partial charge in [-0.2, -0.15) is 0 Å². The summed E-state index contributed by atoms with van der Waals surface area (Å²) in [4.78, 5) is 0. The lowest BCUT2D eigenvalue weighted by atomic mass is 9.84. The summed E-state index contributed by atoms with van der Waals surface area (Å²) in [6.45, 7) is 0. The molecular formula is C42H26. The minimum Gasteiger partial charge on any atom is -0.0616 e. The van der Waals surface area contributed by atoms with E-state index in [0.29, 0.717) is 0 Å². The minimum atomic E-state index is 1.25. The zero-order valence-electron chi connectivity index (χ0n) is 23.0. The van der Waals surface area contributed by atoms with Gasteiger partial charge in [0, 0.05) is 0 Å². The van der Waals surface area contributed by atoms with Gasteiger partial charge in [0.05, 0.1) is 0 Å². The van der Waals surface area contributed by atoms with Crippen molar-refractivity contribution >= 4 is 64.6 Å². The predicted octanol–water partition coefficient (Wildman–Crippen LogP) is 11.9. The fraction of sp³-hybridized carbons (Fsp3) is 0. The first-order valence-corrected chi connectivity index (χ1v) is 14.6. The molecule has 0 fully saturated rings. The Hall–Kier alpha value is -5.46. The van der Waals surface area contributed by atoms with Gasteiger partial charge in [-0.15, -0.1) is 0 Å². The van der Waals surface area contributed by atoms with Crippen molar-refractivity contribution in [3.05, 3.63) is 158 Å². The average Bonchev–Trinajstić information content (AvgIpc) is 3.06. The second kappa shape index (κ2) is 9.03. The molecule has 42 heavy (non-hydrogen) atoms. The van der Waals surface area contributed by atoms with Crippen LogP contribution >= 0.6 is 0 Å². The normalized spacial score (nSPS) is 11.8. The van der Waals surface area contributed by atoms with Gasteiger partial charge in [0.25, 0.3) is 0 Å². The highest BCUT2D eigenvalue weighted by atomic mass is 14.2. The van der Waals surface area contributed by atoms with Crippen molar-refractivity contribution in [1.29, 1.82) is 0 Å². The first-order valence-electron chi connectivity index (χ1n) is 14.6. The summed E-state index contributed by atoms with van der Waals surface area (Å²) in [5, 5.41) is 15.4. The van der Waals surface area contributed by atoms with Gasteiger partial charge >= 0.3 is 0 Å². The van der Waals surface area contributed by atoms with E-state index in [1.165, 1.54) is 86.9 Å². The summed E-state index contributed by atoms with van der Waals surface area (Å²) < 4.78 is 0. The molecule has 0 amide bonds. The van der Waals surface area contributed by atoms with Crippen LogP contribution in [0.1, 0.15) is 0 Å². The molecule has 0 spiro atoms. The van der Waals surface area contributed by atoms with Crippen LogP contribution in [0.3, 0.4) is 0 Å². The molecule has 194 valence electrons. The zero-order chi connectivity index (χ0) is 27.6. The molecule has 0 nitrogen and oxygen atoms in total. The van der Waals surface area contributed by atoms with Crippen molar-refractivity contribution in [2.75, 3.05) is 0 Å². The number of rotatable bonds is 2. The van der Waals surface area contributed by atoms with Gasteiger partial charge in [0.2, 0.25) is 0 Å². The maximum absolute atomic E-state index is 2.37. The Kier molecular flexibility index (Phi) is 5.00. The standard InChI is InChI=1S/C42H26/c1-3-12-31-27(10-1)20-21-29-26-30(23-24-33(29)31)41-37-14-5-7-16-39(37)42(40-17-8-6-15-38(40)41)36-19-9-18-34-32-13-4-2-11-28(32)22-25-35(34)36/h1-26H. The van der Waals surface area contributed by atoms with Crippen molar-refractivity contribution in [1.82, 2.24) is 0 Å². The van der Waals surface area contributed by atoms with E-state index in [4.69, 9.17) is 0 Å². The van der Waals surface area contributed by atoms with Crippen LogP contribution in [0.15, 0.2) is 158 Å². The predicted molar refractivity (Wildman–Crippen MR) is 182 cm³/mol. The molecule has 0 heterocycles. The largest absolute Gasteiger partial charge is 0.0616 e. The fourth-order valence-electron chi connectivity index (χ4n) is 7.16. The lowest BCUT2D eigenvalue weighted by Gasteiger charge is -2.19. The number of hydrogen-bond donors (Lipinski definition) is 0. The van der Waals surface area contributed by atoms with E-state index in [0.717, 1.165) is 0 Å². The number of hydrogen-bond acceptors (Lipinski definition) is 0. The van der Waals surface area contributed by atoms with Gasteiger partial charge in [-0.1, -0.05) is 152 Å². The first-order chi connectivity index (χ1) is 20.8. The van der Waals surface area contributed by atoms with Crippen LogP contribution in [-0.2, 0) is 0 Å².